The molecule has 1 aliphatic heterocycles. The summed E-state index contributed by atoms with van der Waals surface area (Å²) < 4.78 is 1.82. The molecule has 0 radical (unpaired) electrons. The van der Waals surface area contributed by atoms with E-state index in [2.05, 4.69) is 50.1 Å². The minimum atomic E-state index is 0.0760. The minimum Gasteiger partial charge on any atom is -0.336 e. The molecule has 122 valence electrons. The first-order chi connectivity index (χ1) is 11.0. The van der Waals surface area contributed by atoms with Crippen molar-refractivity contribution in [3.8, 4) is 0 Å². The van der Waals surface area contributed by atoms with Crippen molar-refractivity contribution in [3.63, 3.8) is 0 Å². The van der Waals surface area contributed by atoms with E-state index in [9.17, 15) is 4.79 Å². The summed E-state index contributed by atoms with van der Waals surface area (Å²) in [5.41, 5.74) is 2.10. The highest BCUT2D eigenvalue weighted by molar-refractivity contribution is 5.92. The zero-order chi connectivity index (χ0) is 16.4. The van der Waals surface area contributed by atoms with Crippen molar-refractivity contribution in [1.29, 1.82) is 0 Å². The number of aryl methyl sites for hydroxylation is 1. The van der Waals surface area contributed by atoms with Crippen LogP contribution in [0.25, 0.3) is 0 Å². The Morgan fingerprint density at radius 1 is 1.26 bits per heavy atom. The van der Waals surface area contributed by atoms with E-state index in [1.165, 1.54) is 5.56 Å². The van der Waals surface area contributed by atoms with Crippen LogP contribution in [-0.4, -0.2) is 33.7 Å². The lowest BCUT2D eigenvalue weighted by Crippen LogP contribution is -2.32. The van der Waals surface area contributed by atoms with Gasteiger partial charge in [-0.15, -0.1) is 0 Å². The molecule has 4 nitrogen and oxygen atoms in total. The van der Waals surface area contributed by atoms with E-state index in [0.29, 0.717) is 11.6 Å². The lowest BCUT2D eigenvalue weighted by atomic mass is 9.78. The van der Waals surface area contributed by atoms with Crippen LogP contribution in [0.1, 0.15) is 49.2 Å². The van der Waals surface area contributed by atoms with Crippen LogP contribution in [0, 0.1) is 5.41 Å². The lowest BCUT2D eigenvalue weighted by molar-refractivity contribution is 0.0765. The van der Waals surface area contributed by atoms with Gasteiger partial charge >= 0.3 is 0 Å². The number of hydrogen-bond acceptors (Lipinski definition) is 2. The van der Waals surface area contributed by atoms with Gasteiger partial charge in [0.2, 0.25) is 0 Å². The molecule has 0 spiro atoms. The molecule has 4 heteroatoms. The van der Waals surface area contributed by atoms with Gasteiger partial charge in [-0.3, -0.25) is 9.48 Å². The molecule has 1 aliphatic rings. The molecule has 2 heterocycles. The second-order valence-electron chi connectivity index (χ2n) is 7.08. The van der Waals surface area contributed by atoms with Gasteiger partial charge in [0.15, 0.2) is 0 Å². The van der Waals surface area contributed by atoms with E-state index in [0.717, 1.165) is 26.1 Å². The summed E-state index contributed by atoms with van der Waals surface area (Å²) in [6.07, 6.45) is 2.69. The molecule has 1 aromatic carbocycles. The Balaban J connectivity index is 1.82. The first kappa shape index (κ1) is 15.8. The molecule has 0 aliphatic carbocycles. The van der Waals surface area contributed by atoms with Gasteiger partial charge in [0.1, 0.15) is 5.69 Å². The quantitative estimate of drug-likeness (QED) is 0.866. The van der Waals surface area contributed by atoms with Crippen molar-refractivity contribution in [3.05, 3.63) is 53.9 Å². The van der Waals surface area contributed by atoms with Crippen LogP contribution in [0.2, 0.25) is 0 Å². The number of amides is 1. The average Bonchev–Trinajstić information content (AvgIpc) is 3.12. The second-order valence-corrected chi connectivity index (χ2v) is 7.08. The fourth-order valence-electron chi connectivity index (χ4n) is 3.60. The van der Waals surface area contributed by atoms with Crippen molar-refractivity contribution in [1.82, 2.24) is 14.7 Å². The molecule has 3 rings (SSSR count). The Labute approximate surface area is 138 Å². The first-order valence-electron chi connectivity index (χ1n) is 8.39. The van der Waals surface area contributed by atoms with Crippen LogP contribution in [0.3, 0.4) is 0 Å². The van der Waals surface area contributed by atoms with E-state index >= 15 is 0 Å². The van der Waals surface area contributed by atoms with Crippen molar-refractivity contribution >= 4 is 5.91 Å². The van der Waals surface area contributed by atoms with Gasteiger partial charge in [-0.05, 0) is 23.5 Å². The Hall–Kier alpha value is -2.10. The van der Waals surface area contributed by atoms with E-state index in [1.54, 1.807) is 6.20 Å². The monoisotopic (exact) mass is 311 g/mol. The highest BCUT2D eigenvalue weighted by atomic mass is 16.2. The molecule has 0 bridgehead atoms. The summed E-state index contributed by atoms with van der Waals surface area (Å²) in [5.74, 6) is 0.470. The van der Waals surface area contributed by atoms with E-state index in [4.69, 9.17) is 0 Å². The number of carbonyl (C=O) groups excluding carboxylic acids is 1. The van der Waals surface area contributed by atoms with Gasteiger partial charge < -0.3 is 4.90 Å². The molecule has 0 unspecified atom stereocenters. The third kappa shape index (κ3) is 3.03. The van der Waals surface area contributed by atoms with Crippen molar-refractivity contribution in [2.75, 3.05) is 13.1 Å². The molecule has 0 N–H and O–H groups in total. The largest absolute Gasteiger partial charge is 0.336 e. The molecule has 1 atom stereocenters. The SMILES string of the molecule is CCCn1nccc1C(=O)N1C[C@H](c2ccccc2)C(C)(C)C1. The Kier molecular flexibility index (Phi) is 4.24. The fraction of sp³-hybridized carbons (Fsp3) is 0.474. The van der Waals surface area contributed by atoms with Crippen molar-refractivity contribution in [2.45, 2.75) is 39.7 Å². The molecule has 1 fully saturated rings. The van der Waals surface area contributed by atoms with Crippen molar-refractivity contribution in [2.24, 2.45) is 5.41 Å². The van der Waals surface area contributed by atoms with Gasteiger partial charge in [0, 0.05) is 31.7 Å². The van der Waals surface area contributed by atoms with Crippen LogP contribution < -0.4 is 0 Å². The highest BCUT2D eigenvalue weighted by Gasteiger charge is 2.42. The number of nitrogens with zero attached hydrogens (tertiary/aromatic N) is 3. The molecule has 1 amide bonds. The molecule has 23 heavy (non-hydrogen) atoms. The van der Waals surface area contributed by atoms with Crippen LogP contribution in [0.5, 0.6) is 0 Å². The predicted octanol–water partition coefficient (Wildman–Crippen LogP) is 3.56. The fourth-order valence-corrected chi connectivity index (χ4v) is 3.60. The molecule has 0 saturated carbocycles. The second kappa shape index (κ2) is 6.19. The Morgan fingerprint density at radius 3 is 2.70 bits per heavy atom. The molecule has 1 aromatic heterocycles. The highest BCUT2D eigenvalue weighted by Crippen LogP contribution is 2.42. The van der Waals surface area contributed by atoms with Crippen LogP contribution in [-0.2, 0) is 6.54 Å². The number of carbonyl (C=O) groups is 1. The average molecular weight is 311 g/mol. The standard InChI is InChI=1S/C19H25N3O/c1-4-12-22-17(10-11-20-22)18(23)21-13-16(19(2,3)14-21)15-8-6-5-7-9-15/h5-11,16H,4,12-14H2,1-3H3/t16-/m1/s1. The normalized spacial score (nSPS) is 20.0. The first-order valence-corrected chi connectivity index (χ1v) is 8.39. The number of likely N-dealkylation sites (tertiary alicyclic amines) is 1. The topological polar surface area (TPSA) is 38.1 Å². The van der Waals surface area contributed by atoms with Gasteiger partial charge in [-0.25, -0.2) is 0 Å². The third-order valence-electron chi connectivity index (χ3n) is 4.80. The van der Waals surface area contributed by atoms with Gasteiger partial charge in [-0.2, -0.15) is 5.10 Å². The number of rotatable bonds is 4. The van der Waals surface area contributed by atoms with Crippen LogP contribution in [0.4, 0.5) is 0 Å². The third-order valence-corrected chi connectivity index (χ3v) is 4.80. The Morgan fingerprint density at radius 2 is 2.00 bits per heavy atom. The van der Waals surface area contributed by atoms with Gasteiger partial charge in [-0.1, -0.05) is 51.1 Å². The lowest BCUT2D eigenvalue weighted by Gasteiger charge is -2.25. The molecular weight excluding hydrogens is 286 g/mol. The summed E-state index contributed by atoms with van der Waals surface area (Å²) in [7, 11) is 0. The maximum atomic E-state index is 12.9. The zero-order valence-electron chi connectivity index (χ0n) is 14.2. The molecular formula is C19H25N3O. The summed E-state index contributed by atoms with van der Waals surface area (Å²) >= 11 is 0. The maximum absolute atomic E-state index is 12.9. The molecule has 2 aromatic rings. The zero-order valence-corrected chi connectivity index (χ0v) is 14.2. The smallest absolute Gasteiger partial charge is 0.272 e. The predicted molar refractivity (Wildman–Crippen MR) is 91.4 cm³/mol. The minimum absolute atomic E-state index is 0.0760. The van der Waals surface area contributed by atoms with Crippen LogP contribution >= 0.6 is 0 Å². The summed E-state index contributed by atoms with van der Waals surface area (Å²) in [5, 5.41) is 4.28. The maximum Gasteiger partial charge on any atom is 0.272 e. The van der Waals surface area contributed by atoms with E-state index < -0.39 is 0 Å². The summed E-state index contributed by atoms with van der Waals surface area (Å²) in [6, 6.07) is 12.4. The number of aromatic nitrogens is 2. The summed E-state index contributed by atoms with van der Waals surface area (Å²) in [6.45, 7) is 8.94. The van der Waals surface area contributed by atoms with Gasteiger partial charge in [0.25, 0.3) is 5.91 Å². The van der Waals surface area contributed by atoms with E-state index in [-0.39, 0.29) is 11.3 Å². The van der Waals surface area contributed by atoms with E-state index in [1.807, 2.05) is 21.7 Å². The number of hydrogen-bond donors (Lipinski definition) is 0. The Bertz CT molecular complexity index is 675. The summed E-state index contributed by atoms with van der Waals surface area (Å²) in [4.78, 5) is 14.9. The molecule has 1 saturated heterocycles. The van der Waals surface area contributed by atoms with Gasteiger partial charge in [0.05, 0.1) is 0 Å². The van der Waals surface area contributed by atoms with Crippen molar-refractivity contribution < 1.29 is 4.79 Å². The van der Waals surface area contributed by atoms with Crippen LogP contribution in [0.15, 0.2) is 42.6 Å². The number of benzene rings is 1.